The van der Waals surface area contributed by atoms with E-state index in [9.17, 15) is 19.8 Å². The molecule has 0 saturated carbocycles. The number of aliphatic hydroxyl groups excluding tert-OH is 2. The number of hydrogen-bond acceptors (Lipinski definition) is 5. The Morgan fingerprint density at radius 3 is 0.911 bits per heavy atom. The van der Waals surface area contributed by atoms with Crippen molar-refractivity contribution in [3.8, 4) is 0 Å². The van der Waals surface area contributed by atoms with Gasteiger partial charge in [-0.3, -0.25) is 9.59 Å². The standard InChI is InChI=1S/C73H139NO5/c1-3-5-7-9-11-13-15-17-18-19-35-38-42-45-49-53-57-61-65-71(76)70(69-75)74-72(77)66-62-58-54-50-46-43-39-36-33-31-29-27-25-23-21-20-22-24-26-28-30-32-34-37-40-44-48-52-56-60-64-68-79-73(78)67-63-59-55-51-47-41-16-14-12-10-8-6-4-2/h14,16,22,24,61,65,70-71,75-76H,3-13,15,17-21,23,25-60,62-64,66-69H2,1-2H3,(H,74,77)/b16-14-,24-22-,65-61+. The van der Waals surface area contributed by atoms with Crippen LogP contribution in [0.1, 0.15) is 393 Å². The van der Waals surface area contributed by atoms with E-state index in [0.29, 0.717) is 19.4 Å². The van der Waals surface area contributed by atoms with Gasteiger partial charge in [-0.1, -0.05) is 333 Å². The molecular weight excluding hydrogens is 971 g/mol. The number of amides is 1. The maximum atomic E-state index is 12.5. The molecule has 0 aromatic carbocycles. The van der Waals surface area contributed by atoms with E-state index in [1.165, 1.54) is 321 Å². The Morgan fingerprint density at radius 2 is 0.595 bits per heavy atom. The van der Waals surface area contributed by atoms with Gasteiger partial charge in [0.1, 0.15) is 0 Å². The van der Waals surface area contributed by atoms with Crippen molar-refractivity contribution >= 4 is 11.9 Å². The molecule has 0 aromatic rings. The zero-order valence-corrected chi connectivity index (χ0v) is 53.4. The van der Waals surface area contributed by atoms with Crippen LogP contribution in [0.5, 0.6) is 0 Å². The summed E-state index contributed by atoms with van der Waals surface area (Å²) in [4.78, 5) is 24.5. The zero-order valence-electron chi connectivity index (χ0n) is 53.4. The molecule has 0 heterocycles. The molecule has 6 nitrogen and oxygen atoms in total. The Bertz CT molecular complexity index is 1280. The van der Waals surface area contributed by atoms with Crippen LogP contribution in [0.15, 0.2) is 36.5 Å². The molecule has 0 rings (SSSR count). The minimum atomic E-state index is -0.844. The van der Waals surface area contributed by atoms with Gasteiger partial charge in [-0.05, 0) is 83.5 Å². The van der Waals surface area contributed by atoms with Crippen LogP contribution in [0.2, 0.25) is 0 Å². The van der Waals surface area contributed by atoms with Crippen LogP contribution in [-0.4, -0.2) is 47.4 Å². The average molecular weight is 1110 g/mol. The first-order valence-electron chi connectivity index (χ1n) is 35.8. The van der Waals surface area contributed by atoms with Crippen molar-refractivity contribution in [3.05, 3.63) is 36.5 Å². The fourth-order valence-electron chi connectivity index (χ4n) is 11.2. The molecule has 0 aliphatic heterocycles. The van der Waals surface area contributed by atoms with E-state index < -0.39 is 12.1 Å². The van der Waals surface area contributed by atoms with Gasteiger partial charge in [0.05, 0.1) is 25.4 Å². The monoisotopic (exact) mass is 1110 g/mol. The van der Waals surface area contributed by atoms with Crippen LogP contribution in [0.4, 0.5) is 0 Å². The Morgan fingerprint density at radius 1 is 0.342 bits per heavy atom. The highest BCUT2D eigenvalue weighted by atomic mass is 16.5. The lowest BCUT2D eigenvalue weighted by molar-refractivity contribution is -0.143. The van der Waals surface area contributed by atoms with Crippen molar-refractivity contribution in [2.45, 2.75) is 405 Å². The van der Waals surface area contributed by atoms with Crippen molar-refractivity contribution in [2.75, 3.05) is 13.2 Å². The molecular formula is C73H139NO5. The van der Waals surface area contributed by atoms with Crippen LogP contribution >= 0.6 is 0 Å². The molecule has 466 valence electrons. The van der Waals surface area contributed by atoms with E-state index in [1.54, 1.807) is 6.08 Å². The van der Waals surface area contributed by atoms with Crippen molar-refractivity contribution in [1.29, 1.82) is 0 Å². The van der Waals surface area contributed by atoms with Gasteiger partial charge < -0.3 is 20.3 Å². The largest absolute Gasteiger partial charge is 0.466 e. The first-order chi connectivity index (χ1) is 39.0. The van der Waals surface area contributed by atoms with Gasteiger partial charge >= 0.3 is 5.97 Å². The molecule has 0 saturated heterocycles. The van der Waals surface area contributed by atoms with Gasteiger partial charge in [0.25, 0.3) is 0 Å². The van der Waals surface area contributed by atoms with Crippen LogP contribution < -0.4 is 5.32 Å². The Kier molecular flexibility index (Phi) is 66.9. The van der Waals surface area contributed by atoms with E-state index >= 15 is 0 Å². The minimum absolute atomic E-state index is 0.00842. The zero-order chi connectivity index (χ0) is 57.1. The third-order valence-corrected chi connectivity index (χ3v) is 16.6. The third kappa shape index (κ3) is 65.1. The Labute approximate surface area is 494 Å². The summed E-state index contributed by atoms with van der Waals surface area (Å²) >= 11 is 0. The van der Waals surface area contributed by atoms with Crippen LogP contribution in [0.25, 0.3) is 0 Å². The first-order valence-corrected chi connectivity index (χ1v) is 35.8. The lowest BCUT2D eigenvalue weighted by Crippen LogP contribution is -2.45. The maximum Gasteiger partial charge on any atom is 0.305 e. The molecule has 0 radical (unpaired) electrons. The highest BCUT2D eigenvalue weighted by molar-refractivity contribution is 5.76. The number of aliphatic hydroxyl groups is 2. The van der Waals surface area contributed by atoms with Crippen LogP contribution in [0.3, 0.4) is 0 Å². The third-order valence-electron chi connectivity index (χ3n) is 16.6. The molecule has 1 amide bonds. The van der Waals surface area contributed by atoms with E-state index in [-0.39, 0.29) is 18.5 Å². The quantitative estimate of drug-likeness (QED) is 0.0320. The second-order valence-electron chi connectivity index (χ2n) is 24.6. The fraction of sp³-hybridized carbons (Fsp3) is 0.890. The highest BCUT2D eigenvalue weighted by Gasteiger charge is 2.18. The van der Waals surface area contributed by atoms with Gasteiger partial charge in [-0.15, -0.1) is 0 Å². The molecule has 2 atom stereocenters. The summed E-state index contributed by atoms with van der Waals surface area (Å²) in [6.45, 7) is 4.92. The lowest BCUT2D eigenvalue weighted by atomic mass is 10.0. The van der Waals surface area contributed by atoms with Gasteiger partial charge in [-0.25, -0.2) is 0 Å². The Hall–Kier alpha value is -1.92. The summed E-state index contributed by atoms with van der Waals surface area (Å²) < 4.78 is 5.48. The molecule has 0 bridgehead atoms. The number of rotatable bonds is 67. The number of hydrogen-bond donors (Lipinski definition) is 3. The lowest BCUT2D eigenvalue weighted by Gasteiger charge is -2.20. The maximum absolute atomic E-state index is 12.5. The normalized spacial score (nSPS) is 12.7. The molecule has 0 aromatic heterocycles. The molecule has 0 aliphatic carbocycles. The summed E-state index contributed by atoms with van der Waals surface area (Å²) in [6.07, 6.45) is 88.0. The molecule has 0 aliphatic rings. The summed E-state index contributed by atoms with van der Waals surface area (Å²) in [7, 11) is 0. The number of esters is 1. The Balaban J connectivity index is 3.38. The number of carbonyl (C=O) groups is 2. The number of carbonyl (C=O) groups excluding carboxylic acids is 2. The second-order valence-corrected chi connectivity index (χ2v) is 24.6. The number of unbranched alkanes of at least 4 members (excludes halogenated alkanes) is 52. The van der Waals surface area contributed by atoms with E-state index in [2.05, 4.69) is 43.5 Å². The highest BCUT2D eigenvalue weighted by Crippen LogP contribution is 2.18. The summed E-state index contributed by atoms with van der Waals surface area (Å²) in [5.74, 6) is -0.0544. The second kappa shape index (κ2) is 68.6. The van der Waals surface area contributed by atoms with Gasteiger partial charge in [0.2, 0.25) is 5.91 Å². The van der Waals surface area contributed by atoms with Gasteiger partial charge in [0, 0.05) is 12.8 Å². The SMILES string of the molecule is CCCCCC/C=C\CCCCCCCC(=O)OCCCCCCCCCCCCCC/C=C\CCCCCCCCCCCCCCCCCC(=O)NC(CO)C(O)/C=C/CCCCCCCCCCCCCCCCCC. The molecule has 3 N–H and O–H groups in total. The molecule has 79 heavy (non-hydrogen) atoms. The van der Waals surface area contributed by atoms with Gasteiger partial charge in [-0.2, -0.15) is 0 Å². The number of nitrogens with one attached hydrogen (secondary N) is 1. The molecule has 6 heteroatoms. The minimum Gasteiger partial charge on any atom is -0.466 e. The predicted octanol–water partition coefficient (Wildman–Crippen LogP) is 23.1. The van der Waals surface area contributed by atoms with Crippen LogP contribution in [-0.2, 0) is 14.3 Å². The predicted molar refractivity (Wildman–Crippen MR) is 347 cm³/mol. The van der Waals surface area contributed by atoms with E-state index in [0.717, 1.165) is 44.9 Å². The summed E-state index contributed by atoms with van der Waals surface area (Å²) in [5, 5.41) is 23.2. The molecule has 2 unspecified atom stereocenters. The number of allylic oxidation sites excluding steroid dienone is 5. The fourth-order valence-corrected chi connectivity index (χ4v) is 11.2. The first kappa shape index (κ1) is 77.1. The number of ether oxygens (including phenoxy) is 1. The summed E-state index contributed by atoms with van der Waals surface area (Å²) in [5.41, 5.74) is 0. The topological polar surface area (TPSA) is 95.9 Å². The molecule has 0 fully saturated rings. The van der Waals surface area contributed by atoms with Crippen molar-refractivity contribution in [1.82, 2.24) is 5.32 Å². The van der Waals surface area contributed by atoms with Crippen molar-refractivity contribution < 1.29 is 24.5 Å². The van der Waals surface area contributed by atoms with E-state index in [4.69, 9.17) is 4.74 Å². The smallest absolute Gasteiger partial charge is 0.305 e. The van der Waals surface area contributed by atoms with Crippen molar-refractivity contribution in [3.63, 3.8) is 0 Å². The average Bonchev–Trinajstić information content (AvgIpc) is 3.45. The van der Waals surface area contributed by atoms with E-state index in [1.807, 2.05) is 6.08 Å². The molecule has 0 spiro atoms. The summed E-state index contributed by atoms with van der Waals surface area (Å²) in [6, 6.07) is -0.627. The van der Waals surface area contributed by atoms with Crippen LogP contribution in [0, 0.1) is 0 Å². The van der Waals surface area contributed by atoms with Gasteiger partial charge in [0.15, 0.2) is 0 Å². The van der Waals surface area contributed by atoms with Crippen molar-refractivity contribution in [2.24, 2.45) is 0 Å².